The molecule has 0 aliphatic rings. The summed E-state index contributed by atoms with van der Waals surface area (Å²) in [6, 6.07) is 4.93. The van der Waals surface area contributed by atoms with Crippen LogP contribution >= 0.6 is 0 Å². The van der Waals surface area contributed by atoms with Gasteiger partial charge in [-0.05, 0) is 18.1 Å². The molecular weight excluding hydrogens is 224 g/mol. The Labute approximate surface area is 98.6 Å². The van der Waals surface area contributed by atoms with Gasteiger partial charge in [0, 0.05) is 5.56 Å². The molecule has 0 spiro atoms. The van der Waals surface area contributed by atoms with Gasteiger partial charge in [0.15, 0.2) is 5.92 Å². The molecule has 0 saturated carbocycles. The number of carbonyl (C=O) groups is 2. The lowest BCUT2D eigenvalue weighted by Gasteiger charge is -2.13. The van der Waals surface area contributed by atoms with Crippen molar-refractivity contribution in [3.63, 3.8) is 0 Å². The van der Waals surface area contributed by atoms with Crippen LogP contribution in [0.1, 0.15) is 24.0 Å². The van der Waals surface area contributed by atoms with Gasteiger partial charge in [0.05, 0.1) is 7.11 Å². The molecule has 5 nitrogen and oxygen atoms in total. The zero-order valence-electron chi connectivity index (χ0n) is 9.64. The lowest BCUT2D eigenvalue weighted by Crippen LogP contribution is -2.21. The van der Waals surface area contributed by atoms with Crippen LogP contribution in [-0.4, -0.2) is 29.3 Å². The standard InChI is InChI=1S/C12H14O5/c1-3-7-4-5-9(17-2)8(6-7)10(11(13)14)12(15)16/h4-6,10H,3H2,1-2H3,(H,13,14)(H,15,16). The van der Waals surface area contributed by atoms with Crippen molar-refractivity contribution in [3.8, 4) is 5.75 Å². The molecule has 0 unspecified atom stereocenters. The summed E-state index contributed by atoms with van der Waals surface area (Å²) in [7, 11) is 1.38. The summed E-state index contributed by atoms with van der Waals surface area (Å²) in [6.07, 6.45) is 0.697. The second kappa shape index (κ2) is 5.34. The van der Waals surface area contributed by atoms with Crippen LogP contribution < -0.4 is 4.74 Å². The van der Waals surface area contributed by atoms with Gasteiger partial charge in [-0.1, -0.05) is 19.1 Å². The van der Waals surface area contributed by atoms with Crippen molar-refractivity contribution in [2.45, 2.75) is 19.3 Å². The van der Waals surface area contributed by atoms with E-state index in [4.69, 9.17) is 14.9 Å². The molecule has 0 heterocycles. The van der Waals surface area contributed by atoms with E-state index in [1.54, 1.807) is 18.2 Å². The molecule has 0 aromatic heterocycles. The normalized spacial score (nSPS) is 10.3. The van der Waals surface area contributed by atoms with Gasteiger partial charge in [-0.3, -0.25) is 9.59 Å². The summed E-state index contributed by atoms with van der Waals surface area (Å²) in [5.41, 5.74) is 1.04. The van der Waals surface area contributed by atoms with Crippen molar-refractivity contribution in [3.05, 3.63) is 29.3 Å². The van der Waals surface area contributed by atoms with Crippen molar-refractivity contribution >= 4 is 11.9 Å². The van der Waals surface area contributed by atoms with Crippen molar-refractivity contribution in [1.82, 2.24) is 0 Å². The van der Waals surface area contributed by atoms with E-state index in [-0.39, 0.29) is 11.3 Å². The van der Waals surface area contributed by atoms with Gasteiger partial charge in [0.2, 0.25) is 0 Å². The number of ether oxygens (including phenoxy) is 1. The molecular formula is C12H14O5. The molecule has 0 fully saturated rings. The third-order valence-electron chi connectivity index (χ3n) is 2.51. The Morgan fingerprint density at radius 2 is 1.88 bits per heavy atom. The zero-order valence-corrected chi connectivity index (χ0v) is 9.64. The predicted molar refractivity (Wildman–Crippen MR) is 60.4 cm³/mol. The molecule has 1 aromatic rings. The molecule has 0 aliphatic heterocycles. The first-order valence-electron chi connectivity index (χ1n) is 5.13. The SMILES string of the molecule is CCc1ccc(OC)c(C(C(=O)O)C(=O)O)c1. The quantitative estimate of drug-likeness (QED) is 0.759. The molecule has 2 N–H and O–H groups in total. The molecule has 0 radical (unpaired) electrons. The van der Waals surface area contributed by atoms with Crippen LogP contribution in [0.15, 0.2) is 18.2 Å². The van der Waals surface area contributed by atoms with Gasteiger partial charge in [-0.25, -0.2) is 0 Å². The van der Waals surface area contributed by atoms with Gasteiger partial charge in [-0.2, -0.15) is 0 Å². The first kappa shape index (κ1) is 13.0. The molecule has 0 bridgehead atoms. The van der Waals surface area contributed by atoms with Crippen LogP contribution in [0.5, 0.6) is 5.75 Å². The minimum absolute atomic E-state index is 0.173. The molecule has 5 heteroatoms. The minimum Gasteiger partial charge on any atom is -0.496 e. The Morgan fingerprint density at radius 1 is 1.29 bits per heavy atom. The second-order valence-corrected chi connectivity index (χ2v) is 3.54. The van der Waals surface area contributed by atoms with E-state index >= 15 is 0 Å². The number of carboxylic acid groups (broad SMARTS) is 2. The largest absolute Gasteiger partial charge is 0.496 e. The molecule has 17 heavy (non-hydrogen) atoms. The third kappa shape index (κ3) is 2.75. The summed E-state index contributed by atoms with van der Waals surface area (Å²) in [5, 5.41) is 17.9. The number of benzene rings is 1. The first-order valence-corrected chi connectivity index (χ1v) is 5.13. The maximum atomic E-state index is 11.0. The number of methoxy groups -OCH3 is 1. The Balaban J connectivity index is 3.33. The molecule has 0 atom stereocenters. The van der Waals surface area contributed by atoms with Crippen LogP contribution in [0.25, 0.3) is 0 Å². The van der Waals surface area contributed by atoms with Gasteiger partial charge in [0.25, 0.3) is 0 Å². The van der Waals surface area contributed by atoms with E-state index in [9.17, 15) is 9.59 Å². The average Bonchev–Trinajstić information content (AvgIpc) is 2.28. The molecule has 1 rings (SSSR count). The highest BCUT2D eigenvalue weighted by molar-refractivity contribution is 5.99. The van der Waals surface area contributed by atoms with Crippen LogP contribution in [0.2, 0.25) is 0 Å². The molecule has 92 valence electrons. The third-order valence-corrected chi connectivity index (χ3v) is 2.51. The fourth-order valence-electron chi connectivity index (χ4n) is 1.60. The Morgan fingerprint density at radius 3 is 2.29 bits per heavy atom. The van der Waals surface area contributed by atoms with Gasteiger partial charge < -0.3 is 14.9 Å². The number of hydrogen-bond acceptors (Lipinski definition) is 3. The second-order valence-electron chi connectivity index (χ2n) is 3.54. The highest BCUT2D eigenvalue weighted by Crippen LogP contribution is 2.28. The summed E-state index contributed by atoms with van der Waals surface area (Å²) in [5.74, 6) is -4.12. The highest BCUT2D eigenvalue weighted by Gasteiger charge is 2.30. The van der Waals surface area contributed by atoms with Crippen molar-refractivity contribution in [2.24, 2.45) is 0 Å². The molecule has 0 saturated heterocycles. The number of rotatable bonds is 5. The maximum Gasteiger partial charge on any atom is 0.322 e. The Hall–Kier alpha value is -2.04. The van der Waals surface area contributed by atoms with Crippen LogP contribution in [-0.2, 0) is 16.0 Å². The fraction of sp³-hybridized carbons (Fsp3) is 0.333. The average molecular weight is 238 g/mol. The summed E-state index contributed by atoms with van der Waals surface area (Å²) in [6.45, 7) is 1.90. The van der Waals surface area contributed by atoms with Crippen LogP contribution in [0, 0.1) is 0 Å². The zero-order chi connectivity index (χ0) is 13.0. The van der Waals surface area contributed by atoms with E-state index in [0.29, 0.717) is 6.42 Å². The summed E-state index contributed by atoms with van der Waals surface area (Å²) in [4.78, 5) is 21.9. The topological polar surface area (TPSA) is 83.8 Å². The first-order chi connectivity index (χ1) is 8.01. The lowest BCUT2D eigenvalue weighted by molar-refractivity contribution is -0.150. The Bertz CT molecular complexity index is 425. The minimum atomic E-state index is -1.60. The molecule has 0 amide bonds. The number of aryl methyl sites for hydroxylation is 1. The van der Waals surface area contributed by atoms with Crippen molar-refractivity contribution < 1.29 is 24.5 Å². The maximum absolute atomic E-state index is 11.0. The smallest absolute Gasteiger partial charge is 0.322 e. The predicted octanol–water partition coefficient (Wildman–Crippen LogP) is 1.51. The van der Waals surface area contributed by atoms with Crippen molar-refractivity contribution in [1.29, 1.82) is 0 Å². The molecule has 0 aliphatic carbocycles. The number of carboxylic acids is 2. The monoisotopic (exact) mass is 238 g/mol. The van der Waals surface area contributed by atoms with Gasteiger partial charge in [-0.15, -0.1) is 0 Å². The number of hydrogen-bond donors (Lipinski definition) is 2. The van der Waals surface area contributed by atoms with Crippen molar-refractivity contribution in [2.75, 3.05) is 7.11 Å². The summed E-state index contributed by atoms with van der Waals surface area (Å²) < 4.78 is 5.00. The van der Waals surface area contributed by atoms with E-state index in [2.05, 4.69) is 0 Å². The van der Waals surface area contributed by atoms with Crippen LogP contribution in [0.3, 0.4) is 0 Å². The highest BCUT2D eigenvalue weighted by atomic mass is 16.5. The van der Waals surface area contributed by atoms with Crippen LogP contribution in [0.4, 0.5) is 0 Å². The fourth-order valence-corrected chi connectivity index (χ4v) is 1.60. The Kier molecular flexibility index (Phi) is 4.09. The van der Waals surface area contributed by atoms with E-state index in [1.807, 2.05) is 6.92 Å². The van der Waals surface area contributed by atoms with E-state index < -0.39 is 17.9 Å². The number of aliphatic carboxylic acids is 2. The van der Waals surface area contributed by atoms with E-state index in [1.165, 1.54) is 7.11 Å². The van der Waals surface area contributed by atoms with E-state index in [0.717, 1.165) is 5.56 Å². The van der Waals surface area contributed by atoms with Gasteiger partial charge >= 0.3 is 11.9 Å². The summed E-state index contributed by atoms with van der Waals surface area (Å²) >= 11 is 0. The van der Waals surface area contributed by atoms with Gasteiger partial charge in [0.1, 0.15) is 5.75 Å². The molecule has 1 aromatic carbocycles. The lowest BCUT2D eigenvalue weighted by atomic mass is 9.95.